The molecule has 0 aliphatic carbocycles. The molecule has 0 atom stereocenters. The number of carbonyl (C=O) groups excluding carboxylic acids is 1. The maximum Gasteiger partial charge on any atom is 0.269 e. The number of aromatic nitrogens is 1. The van der Waals surface area contributed by atoms with E-state index in [9.17, 15) is 14.9 Å². The fourth-order valence-electron chi connectivity index (χ4n) is 2.77. The van der Waals surface area contributed by atoms with Crippen LogP contribution in [0.5, 0.6) is 5.75 Å². The number of hydrogen-bond acceptors (Lipinski definition) is 6. The zero-order valence-electron chi connectivity index (χ0n) is 16.5. The third kappa shape index (κ3) is 4.87. The lowest BCUT2D eigenvalue weighted by Gasteiger charge is -2.20. The summed E-state index contributed by atoms with van der Waals surface area (Å²) in [5.74, 6) is 0.534. The van der Waals surface area contributed by atoms with Crippen LogP contribution in [0.15, 0.2) is 42.5 Å². The Kier molecular flexibility index (Phi) is 6.40. The zero-order chi connectivity index (χ0) is 21.0. The van der Waals surface area contributed by atoms with Gasteiger partial charge in [-0.05, 0) is 37.3 Å². The number of nitrogens with zero attached hydrogens (tertiary/aromatic N) is 3. The molecule has 0 saturated heterocycles. The van der Waals surface area contributed by atoms with E-state index < -0.39 is 4.92 Å². The van der Waals surface area contributed by atoms with Gasteiger partial charge in [0.1, 0.15) is 5.75 Å². The minimum Gasteiger partial charge on any atom is -0.494 e. The first-order valence-electron chi connectivity index (χ1n) is 9.27. The molecule has 0 aliphatic rings. The van der Waals surface area contributed by atoms with Crippen molar-refractivity contribution in [2.24, 2.45) is 0 Å². The average molecular weight is 415 g/mol. The molecule has 1 amide bonds. The number of fused-ring (bicyclic) bond motifs is 1. The smallest absolute Gasteiger partial charge is 0.269 e. The topological polar surface area (TPSA) is 90.0 Å². The number of benzene rings is 2. The van der Waals surface area contributed by atoms with Crippen LogP contribution < -0.4 is 14.5 Å². The monoisotopic (exact) mass is 415 g/mol. The van der Waals surface area contributed by atoms with Gasteiger partial charge in [-0.3, -0.25) is 19.8 Å². The molecule has 3 rings (SSSR count). The van der Waals surface area contributed by atoms with Crippen molar-refractivity contribution in [2.45, 2.75) is 6.92 Å². The lowest BCUT2D eigenvalue weighted by molar-refractivity contribution is -0.856. The summed E-state index contributed by atoms with van der Waals surface area (Å²) < 4.78 is 6.48. The van der Waals surface area contributed by atoms with Crippen LogP contribution in [0.2, 0.25) is 0 Å². The van der Waals surface area contributed by atoms with Crippen LogP contribution >= 0.6 is 11.3 Å². The number of ether oxygens (including phenoxy) is 1. The van der Waals surface area contributed by atoms with Crippen molar-refractivity contribution in [2.75, 3.05) is 38.7 Å². The van der Waals surface area contributed by atoms with Gasteiger partial charge in [-0.25, -0.2) is 4.98 Å². The highest BCUT2D eigenvalue weighted by atomic mass is 32.1. The molecule has 0 fully saturated rings. The van der Waals surface area contributed by atoms with Gasteiger partial charge in [-0.1, -0.05) is 11.3 Å². The van der Waals surface area contributed by atoms with Crippen molar-refractivity contribution in [1.29, 1.82) is 0 Å². The fraction of sp³-hybridized carbons (Fsp3) is 0.300. The van der Waals surface area contributed by atoms with Gasteiger partial charge in [0.15, 0.2) is 5.13 Å². The van der Waals surface area contributed by atoms with E-state index in [1.54, 1.807) is 4.90 Å². The van der Waals surface area contributed by atoms with Gasteiger partial charge in [0.05, 0.1) is 48.9 Å². The first-order chi connectivity index (χ1) is 13.9. The number of rotatable bonds is 8. The third-order valence-electron chi connectivity index (χ3n) is 4.30. The molecule has 0 unspecified atom stereocenters. The van der Waals surface area contributed by atoms with Crippen LogP contribution in [0, 0.1) is 10.1 Å². The number of non-ortho nitro benzene ring substituents is 1. The van der Waals surface area contributed by atoms with Gasteiger partial charge >= 0.3 is 0 Å². The van der Waals surface area contributed by atoms with E-state index in [4.69, 9.17) is 4.74 Å². The Labute approximate surface area is 172 Å². The van der Waals surface area contributed by atoms with Crippen LogP contribution in [0.3, 0.4) is 0 Å². The van der Waals surface area contributed by atoms with Crippen LogP contribution in [0.4, 0.5) is 10.8 Å². The van der Waals surface area contributed by atoms with Crippen LogP contribution in [0.1, 0.15) is 17.3 Å². The van der Waals surface area contributed by atoms with E-state index in [1.165, 1.54) is 40.5 Å². The number of nitro groups is 1. The number of anilines is 1. The molecule has 0 spiro atoms. The number of amides is 1. The molecule has 0 bridgehead atoms. The Morgan fingerprint density at radius 3 is 2.59 bits per heavy atom. The minimum absolute atomic E-state index is 0.0470. The molecule has 1 N–H and O–H groups in total. The maximum atomic E-state index is 13.2. The van der Waals surface area contributed by atoms with Gasteiger partial charge in [-0.2, -0.15) is 0 Å². The molecule has 2 aromatic carbocycles. The molecular formula is C20H23N4O4S+. The lowest BCUT2D eigenvalue weighted by Crippen LogP contribution is -3.06. The summed E-state index contributed by atoms with van der Waals surface area (Å²) in [4.78, 5) is 31.0. The Hall–Kier alpha value is -3.04. The second kappa shape index (κ2) is 8.97. The second-order valence-electron chi connectivity index (χ2n) is 6.78. The number of hydrogen-bond donors (Lipinski definition) is 1. The predicted molar refractivity (Wildman–Crippen MR) is 113 cm³/mol. The molecule has 0 aliphatic heterocycles. The molecule has 0 radical (unpaired) electrons. The predicted octanol–water partition coefficient (Wildman–Crippen LogP) is 2.39. The Morgan fingerprint density at radius 2 is 1.97 bits per heavy atom. The number of nitro benzene ring substituents is 1. The van der Waals surface area contributed by atoms with E-state index >= 15 is 0 Å². The maximum absolute atomic E-state index is 13.2. The highest BCUT2D eigenvalue weighted by Crippen LogP contribution is 2.32. The summed E-state index contributed by atoms with van der Waals surface area (Å²) in [6.07, 6.45) is 0. The Balaban J connectivity index is 1.94. The summed E-state index contributed by atoms with van der Waals surface area (Å²) in [7, 11) is 4.03. The van der Waals surface area contributed by atoms with Crippen LogP contribution in [-0.4, -0.2) is 49.6 Å². The van der Waals surface area contributed by atoms with Gasteiger partial charge in [0.2, 0.25) is 0 Å². The normalized spacial score (nSPS) is 11.0. The second-order valence-corrected chi connectivity index (χ2v) is 7.79. The summed E-state index contributed by atoms with van der Waals surface area (Å²) in [6.45, 7) is 3.72. The van der Waals surface area contributed by atoms with Crippen molar-refractivity contribution in [3.05, 3.63) is 58.1 Å². The van der Waals surface area contributed by atoms with Gasteiger partial charge in [0.25, 0.3) is 11.6 Å². The number of nitrogens with one attached hydrogen (secondary N) is 1. The van der Waals surface area contributed by atoms with E-state index in [0.29, 0.717) is 23.8 Å². The summed E-state index contributed by atoms with van der Waals surface area (Å²) in [6, 6.07) is 11.3. The van der Waals surface area contributed by atoms with Gasteiger partial charge in [0, 0.05) is 17.7 Å². The molecule has 29 heavy (non-hydrogen) atoms. The first kappa shape index (κ1) is 20.7. The molecule has 152 valence electrons. The highest BCUT2D eigenvalue weighted by Gasteiger charge is 2.23. The Bertz CT molecular complexity index is 1020. The number of thiazole rings is 1. The molecule has 0 saturated carbocycles. The van der Waals surface area contributed by atoms with Crippen molar-refractivity contribution in [1.82, 2.24) is 4.98 Å². The van der Waals surface area contributed by atoms with Crippen molar-refractivity contribution in [3.8, 4) is 5.75 Å². The van der Waals surface area contributed by atoms with Crippen molar-refractivity contribution in [3.63, 3.8) is 0 Å². The quantitative estimate of drug-likeness (QED) is 0.451. The summed E-state index contributed by atoms with van der Waals surface area (Å²) in [5, 5.41) is 11.5. The average Bonchev–Trinajstić information content (AvgIpc) is 3.11. The van der Waals surface area contributed by atoms with Gasteiger partial charge < -0.3 is 9.64 Å². The zero-order valence-corrected chi connectivity index (χ0v) is 17.4. The number of quaternary nitrogens is 1. The van der Waals surface area contributed by atoms with Crippen LogP contribution in [-0.2, 0) is 0 Å². The van der Waals surface area contributed by atoms with Gasteiger partial charge in [-0.15, -0.1) is 0 Å². The lowest BCUT2D eigenvalue weighted by atomic mass is 10.2. The Morgan fingerprint density at radius 1 is 1.24 bits per heavy atom. The van der Waals surface area contributed by atoms with Crippen LogP contribution in [0.25, 0.3) is 10.2 Å². The SMILES string of the molecule is CCOc1ccc2nc(N(CC[NH+](C)C)C(=O)c3ccc([N+](=O)[O-])cc3)sc2c1. The fourth-order valence-corrected chi connectivity index (χ4v) is 3.78. The molecule has 1 heterocycles. The minimum atomic E-state index is -0.481. The highest BCUT2D eigenvalue weighted by molar-refractivity contribution is 7.22. The summed E-state index contributed by atoms with van der Waals surface area (Å²) >= 11 is 1.42. The first-order valence-corrected chi connectivity index (χ1v) is 10.1. The van der Waals surface area contributed by atoms with E-state index in [2.05, 4.69) is 4.98 Å². The summed E-state index contributed by atoms with van der Waals surface area (Å²) in [5.41, 5.74) is 1.14. The molecular weight excluding hydrogens is 392 g/mol. The van der Waals surface area contributed by atoms with Crippen molar-refractivity contribution < 1.29 is 19.4 Å². The molecule has 1 aromatic heterocycles. The molecule has 3 aromatic rings. The van der Waals surface area contributed by atoms with Crippen molar-refractivity contribution >= 4 is 38.3 Å². The number of likely N-dealkylation sites (N-methyl/N-ethyl adjacent to an activating group) is 1. The van der Waals surface area contributed by atoms with E-state index in [1.807, 2.05) is 39.2 Å². The van der Waals surface area contributed by atoms with E-state index in [-0.39, 0.29) is 11.6 Å². The third-order valence-corrected chi connectivity index (χ3v) is 5.34. The standard InChI is InChI=1S/C20H22N4O4S/c1-4-28-16-9-10-17-18(13-16)29-20(21-17)23(12-11-22(2)3)19(25)14-5-7-15(8-6-14)24(26)27/h5-10,13H,4,11-12H2,1-3H3/p+1. The molecule has 9 heteroatoms. The largest absolute Gasteiger partial charge is 0.494 e. The van der Waals surface area contributed by atoms with E-state index in [0.717, 1.165) is 22.5 Å². The number of carbonyl (C=O) groups is 1. The molecule has 8 nitrogen and oxygen atoms in total.